The number of nitrogens with one attached hydrogen (secondary N) is 1. The second-order valence-corrected chi connectivity index (χ2v) is 11.9. The average Bonchev–Trinajstić information content (AvgIpc) is 3.47. The average molecular weight is 637 g/mol. The minimum Gasteiger partial charge on any atom is -0.459 e. The summed E-state index contributed by atoms with van der Waals surface area (Å²) in [5.74, 6) is -0.355. The molecule has 0 saturated carbocycles. The van der Waals surface area contributed by atoms with Crippen molar-refractivity contribution < 1.29 is 33.3 Å². The second-order valence-electron chi connectivity index (χ2n) is 11.9. The number of nitrogens with zero attached hydrogens (tertiary/aromatic N) is 1. The van der Waals surface area contributed by atoms with Crippen LogP contribution >= 0.6 is 0 Å². The fraction of sp³-hybridized carbons (Fsp3) is 0.316. The van der Waals surface area contributed by atoms with Crippen LogP contribution in [0.25, 0.3) is 6.08 Å². The van der Waals surface area contributed by atoms with Gasteiger partial charge in [0.05, 0.1) is 17.2 Å². The van der Waals surface area contributed by atoms with Crippen LogP contribution in [-0.2, 0) is 25.4 Å². The van der Waals surface area contributed by atoms with E-state index in [2.05, 4.69) is 43.1 Å². The summed E-state index contributed by atoms with van der Waals surface area (Å²) >= 11 is 0. The lowest BCUT2D eigenvalue weighted by atomic mass is 9.95. The van der Waals surface area contributed by atoms with Crippen LogP contribution in [0.3, 0.4) is 0 Å². The van der Waals surface area contributed by atoms with Gasteiger partial charge in [-0.05, 0) is 53.8 Å². The maximum Gasteiger partial charge on any atom is 0.338 e. The molecule has 2 heterocycles. The normalized spacial score (nSPS) is 17.8. The highest BCUT2D eigenvalue weighted by molar-refractivity contribution is 5.89. The van der Waals surface area contributed by atoms with Gasteiger partial charge in [-0.1, -0.05) is 80.6 Å². The maximum absolute atomic E-state index is 13.0. The number of H-pyrrole nitrogens is 1. The first kappa shape index (κ1) is 33.3. The molecule has 1 N–H and O–H groups in total. The number of carbonyl (C=O) groups is 3. The molecule has 0 spiro atoms. The van der Waals surface area contributed by atoms with Crippen molar-refractivity contribution in [2.75, 3.05) is 6.61 Å². The molecular weight excluding hydrogens is 596 g/mol. The van der Waals surface area contributed by atoms with E-state index in [9.17, 15) is 14.4 Å². The highest BCUT2D eigenvalue weighted by Gasteiger charge is 2.35. The van der Waals surface area contributed by atoms with Gasteiger partial charge in [-0.3, -0.25) is 5.10 Å². The zero-order valence-corrected chi connectivity index (χ0v) is 26.9. The minimum atomic E-state index is -0.814. The molecular formula is C38H40N2O7. The van der Waals surface area contributed by atoms with Crippen molar-refractivity contribution >= 4 is 24.3 Å². The number of hydrogen-bond donors (Lipinski definition) is 1. The van der Waals surface area contributed by atoms with Gasteiger partial charge in [-0.15, -0.1) is 5.10 Å². The summed E-state index contributed by atoms with van der Waals surface area (Å²) in [7, 11) is 0. The first-order valence-electron chi connectivity index (χ1n) is 15.9. The molecule has 3 aromatic carbocycles. The van der Waals surface area contributed by atoms with Gasteiger partial charge in [0, 0.05) is 36.9 Å². The minimum absolute atomic E-state index is 0.0372. The molecule has 9 heteroatoms. The van der Waals surface area contributed by atoms with Crippen molar-refractivity contribution in [3.63, 3.8) is 0 Å². The van der Waals surface area contributed by atoms with E-state index in [4.69, 9.17) is 18.9 Å². The highest BCUT2D eigenvalue weighted by atomic mass is 16.7. The van der Waals surface area contributed by atoms with Gasteiger partial charge in [-0.25, -0.2) is 9.59 Å². The molecule has 0 radical (unpaired) electrons. The van der Waals surface area contributed by atoms with Gasteiger partial charge in [0.1, 0.15) is 19.0 Å². The van der Waals surface area contributed by atoms with E-state index in [1.807, 2.05) is 30.4 Å². The lowest BCUT2D eigenvalue weighted by Crippen LogP contribution is -2.43. The number of aryl methyl sites for hydroxylation is 1. The van der Waals surface area contributed by atoms with Crippen molar-refractivity contribution in [2.24, 2.45) is 0 Å². The fourth-order valence-corrected chi connectivity index (χ4v) is 5.53. The Morgan fingerprint density at radius 2 is 1.68 bits per heavy atom. The first-order valence-corrected chi connectivity index (χ1v) is 15.9. The van der Waals surface area contributed by atoms with Crippen LogP contribution in [0.15, 0.2) is 84.9 Å². The molecule has 3 unspecified atom stereocenters. The molecule has 9 nitrogen and oxygen atoms in total. The van der Waals surface area contributed by atoms with E-state index in [1.165, 1.54) is 0 Å². The molecule has 1 aliphatic heterocycles. The van der Waals surface area contributed by atoms with Crippen molar-refractivity contribution in [3.8, 4) is 5.88 Å². The molecule has 3 atom stereocenters. The van der Waals surface area contributed by atoms with E-state index < -0.39 is 30.4 Å². The van der Waals surface area contributed by atoms with Crippen molar-refractivity contribution in [1.82, 2.24) is 10.2 Å². The van der Waals surface area contributed by atoms with Crippen molar-refractivity contribution in [1.29, 1.82) is 0 Å². The standard InChI is InChI=1S/C38H40N2O7/c1-25(2)35-33(21-30-18-17-27(20-26(30)3)12-10-11-19-41)36(40-39-35)47-34-23-31(46-38(43)29-15-8-5-9-16-29)22-32(45-34)24-44-37(42)28-13-6-4-7-14-28/h4-10,12-20,25,31-32,34H,11,21-24H2,1-3H3,(H,39,40). The molecule has 5 rings (SSSR count). The number of carbonyl (C=O) groups excluding carboxylic acids is 3. The second kappa shape index (κ2) is 16.0. The van der Waals surface area contributed by atoms with Gasteiger partial charge >= 0.3 is 11.9 Å². The van der Waals surface area contributed by atoms with Crippen LogP contribution < -0.4 is 4.74 Å². The zero-order valence-electron chi connectivity index (χ0n) is 26.9. The van der Waals surface area contributed by atoms with E-state index in [1.54, 1.807) is 48.5 Å². The predicted molar refractivity (Wildman–Crippen MR) is 177 cm³/mol. The number of aldehydes is 1. The number of aromatic nitrogens is 2. The third-order valence-corrected chi connectivity index (χ3v) is 7.98. The molecule has 1 aliphatic rings. The monoisotopic (exact) mass is 636 g/mol. The molecule has 244 valence electrons. The number of aromatic amines is 1. The Labute approximate surface area is 274 Å². The lowest BCUT2D eigenvalue weighted by molar-refractivity contribution is -0.186. The van der Waals surface area contributed by atoms with Crippen LogP contribution in [0.2, 0.25) is 0 Å². The molecule has 4 aromatic rings. The molecule has 0 bridgehead atoms. The Balaban J connectivity index is 1.34. The SMILES string of the molecule is Cc1cc(C=CCC=O)ccc1Cc1c(OC2CC(OC(=O)c3ccccc3)CC(COC(=O)c3ccccc3)O2)n[nH]c1C(C)C. The highest BCUT2D eigenvalue weighted by Crippen LogP contribution is 2.32. The third-order valence-electron chi connectivity index (χ3n) is 7.98. The Kier molecular flexibility index (Phi) is 11.4. The van der Waals surface area contributed by atoms with Gasteiger partial charge in [0.25, 0.3) is 0 Å². The van der Waals surface area contributed by atoms with Crippen molar-refractivity contribution in [3.05, 3.63) is 124 Å². The smallest absolute Gasteiger partial charge is 0.338 e. The quantitative estimate of drug-likeness (QED) is 0.123. The fourth-order valence-electron chi connectivity index (χ4n) is 5.53. The number of esters is 2. The number of ether oxygens (including phenoxy) is 4. The van der Waals surface area contributed by atoms with Gasteiger partial charge in [-0.2, -0.15) is 0 Å². The molecule has 0 aliphatic carbocycles. The van der Waals surface area contributed by atoms with Crippen LogP contribution in [0, 0.1) is 6.92 Å². The zero-order chi connectivity index (χ0) is 33.2. The summed E-state index contributed by atoms with van der Waals surface area (Å²) in [6.45, 7) is 6.19. The van der Waals surface area contributed by atoms with Crippen LogP contribution in [0.5, 0.6) is 5.88 Å². The van der Waals surface area contributed by atoms with Crippen molar-refractivity contribution in [2.45, 2.75) is 70.9 Å². The van der Waals surface area contributed by atoms with E-state index in [0.717, 1.165) is 34.2 Å². The summed E-state index contributed by atoms with van der Waals surface area (Å²) < 4.78 is 24.2. The van der Waals surface area contributed by atoms with Gasteiger partial charge < -0.3 is 23.7 Å². The predicted octanol–water partition coefficient (Wildman–Crippen LogP) is 7.00. The number of benzene rings is 3. The molecule has 1 aromatic heterocycles. The Morgan fingerprint density at radius 1 is 0.979 bits per heavy atom. The molecule has 1 saturated heterocycles. The topological polar surface area (TPSA) is 117 Å². The van der Waals surface area contributed by atoms with E-state index in [-0.39, 0.29) is 18.9 Å². The Morgan fingerprint density at radius 3 is 2.34 bits per heavy atom. The maximum atomic E-state index is 13.0. The summed E-state index contributed by atoms with van der Waals surface area (Å²) in [6.07, 6.45) is 4.25. The Bertz CT molecular complexity index is 1680. The largest absolute Gasteiger partial charge is 0.459 e. The van der Waals surface area contributed by atoms with Gasteiger partial charge in [0.15, 0.2) is 0 Å². The summed E-state index contributed by atoms with van der Waals surface area (Å²) in [4.78, 5) is 36.3. The van der Waals surface area contributed by atoms with Crippen LogP contribution in [-0.4, -0.2) is 53.5 Å². The molecule has 1 fully saturated rings. The lowest BCUT2D eigenvalue weighted by Gasteiger charge is -2.34. The summed E-state index contributed by atoms with van der Waals surface area (Å²) in [6, 6.07) is 23.7. The Hall–Kier alpha value is -5.02. The first-order chi connectivity index (χ1) is 22.8. The summed E-state index contributed by atoms with van der Waals surface area (Å²) in [5, 5.41) is 7.69. The summed E-state index contributed by atoms with van der Waals surface area (Å²) in [5.41, 5.74) is 5.97. The third kappa shape index (κ3) is 9.04. The molecule has 47 heavy (non-hydrogen) atoms. The van der Waals surface area contributed by atoms with Crippen LogP contribution in [0.1, 0.15) is 87.7 Å². The van der Waals surface area contributed by atoms with Crippen LogP contribution in [0.4, 0.5) is 0 Å². The molecule has 0 amide bonds. The van der Waals surface area contributed by atoms with E-state index in [0.29, 0.717) is 36.3 Å². The van der Waals surface area contributed by atoms with Gasteiger partial charge in [0.2, 0.25) is 12.2 Å². The van der Waals surface area contributed by atoms with E-state index >= 15 is 0 Å². The number of hydrogen-bond acceptors (Lipinski definition) is 8. The number of allylic oxidation sites excluding steroid dienone is 1. The number of rotatable bonds is 13.